The van der Waals surface area contributed by atoms with Crippen LogP contribution >= 0.6 is 0 Å². The minimum absolute atomic E-state index is 0.00925. The normalized spacial score (nSPS) is 10.8. The molecule has 0 fully saturated rings. The Morgan fingerprint density at radius 2 is 1.83 bits per heavy atom. The van der Waals surface area contributed by atoms with E-state index < -0.39 is 6.61 Å². The van der Waals surface area contributed by atoms with Gasteiger partial charge in [-0.3, -0.25) is 4.90 Å². The van der Waals surface area contributed by atoms with E-state index in [2.05, 4.69) is 4.74 Å². The largest absolute Gasteiger partial charge is 0.434 e. The van der Waals surface area contributed by atoms with Crippen molar-refractivity contribution < 1.29 is 17.9 Å². The molecule has 2 aromatic rings. The van der Waals surface area contributed by atoms with E-state index in [1.54, 1.807) is 24.3 Å². The minimum Gasteiger partial charge on any atom is -0.434 e. The molecule has 0 atom stereocenters. The Kier molecular flexibility index (Phi) is 5.61. The van der Waals surface area contributed by atoms with Gasteiger partial charge in [0.25, 0.3) is 0 Å². The summed E-state index contributed by atoms with van der Waals surface area (Å²) in [5.74, 6) is -0.318. The Morgan fingerprint density at radius 1 is 1.13 bits per heavy atom. The molecule has 0 heterocycles. The van der Waals surface area contributed by atoms with Crippen molar-refractivity contribution in [2.45, 2.75) is 19.7 Å². The lowest BCUT2D eigenvalue weighted by Crippen LogP contribution is -2.18. The average molecular weight is 320 g/mol. The van der Waals surface area contributed by atoms with Crippen LogP contribution < -0.4 is 4.74 Å². The SMILES string of the molecule is CN(Cc1ccc(F)cc1)Cc1ccc(C#N)cc1OC(F)F. The van der Waals surface area contributed by atoms with E-state index in [9.17, 15) is 13.2 Å². The summed E-state index contributed by atoms with van der Waals surface area (Å²) in [6, 6.07) is 12.4. The second-order valence-corrected chi connectivity index (χ2v) is 5.11. The molecule has 3 nitrogen and oxygen atoms in total. The van der Waals surface area contributed by atoms with Crippen molar-refractivity contribution in [3.8, 4) is 11.8 Å². The van der Waals surface area contributed by atoms with Crippen LogP contribution in [0.25, 0.3) is 0 Å². The Bertz CT molecular complexity index is 696. The van der Waals surface area contributed by atoms with Gasteiger partial charge >= 0.3 is 6.61 Å². The van der Waals surface area contributed by atoms with Gasteiger partial charge < -0.3 is 4.74 Å². The van der Waals surface area contributed by atoms with Gasteiger partial charge in [0.1, 0.15) is 11.6 Å². The summed E-state index contributed by atoms with van der Waals surface area (Å²) < 4.78 is 42.4. The summed E-state index contributed by atoms with van der Waals surface area (Å²) in [6.07, 6.45) is 0. The van der Waals surface area contributed by atoms with E-state index >= 15 is 0 Å². The monoisotopic (exact) mass is 320 g/mol. The highest BCUT2D eigenvalue weighted by atomic mass is 19.3. The van der Waals surface area contributed by atoms with Crippen LogP contribution in [0.15, 0.2) is 42.5 Å². The summed E-state index contributed by atoms with van der Waals surface area (Å²) in [4.78, 5) is 1.88. The van der Waals surface area contributed by atoms with Crippen molar-refractivity contribution >= 4 is 0 Å². The van der Waals surface area contributed by atoms with Crippen LogP contribution in [0.3, 0.4) is 0 Å². The molecule has 23 heavy (non-hydrogen) atoms. The molecule has 0 unspecified atom stereocenters. The van der Waals surface area contributed by atoms with Gasteiger partial charge in [0.15, 0.2) is 0 Å². The second-order valence-electron chi connectivity index (χ2n) is 5.11. The molecule has 0 bridgehead atoms. The number of hydrogen-bond donors (Lipinski definition) is 0. The molecule has 0 aromatic heterocycles. The highest BCUT2D eigenvalue weighted by Crippen LogP contribution is 2.24. The van der Waals surface area contributed by atoms with Crippen molar-refractivity contribution in [1.29, 1.82) is 5.26 Å². The Labute approximate surface area is 132 Å². The molecule has 6 heteroatoms. The van der Waals surface area contributed by atoms with Crippen LogP contribution in [0.1, 0.15) is 16.7 Å². The standard InChI is InChI=1S/C17H15F3N2O/c1-22(10-12-3-6-15(18)7-4-12)11-14-5-2-13(9-21)8-16(14)23-17(19)20/h2-8,17H,10-11H2,1H3. The van der Waals surface area contributed by atoms with Crippen LogP contribution in [0, 0.1) is 17.1 Å². The molecule has 2 rings (SSSR count). The lowest BCUT2D eigenvalue weighted by molar-refractivity contribution is -0.0507. The number of hydrogen-bond acceptors (Lipinski definition) is 3. The molecular formula is C17H15F3N2O. The highest BCUT2D eigenvalue weighted by Gasteiger charge is 2.13. The molecule has 0 saturated heterocycles. The van der Waals surface area contributed by atoms with Crippen molar-refractivity contribution in [3.05, 3.63) is 65.0 Å². The fourth-order valence-corrected chi connectivity index (χ4v) is 2.21. The quantitative estimate of drug-likeness (QED) is 0.809. The first-order valence-corrected chi connectivity index (χ1v) is 6.89. The fraction of sp³-hybridized carbons (Fsp3) is 0.235. The maximum atomic E-state index is 12.9. The molecule has 2 aromatic carbocycles. The molecule has 0 aliphatic heterocycles. The van der Waals surface area contributed by atoms with Crippen LogP contribution in [0.5, 0.6) is 5.75 Å². The van der Waals surface area contributed by atoms with E-state index in [1.165, 1.54) is 18.2 Å². The highest BCUT2D eigenvalue weighted by molar-refractivity contribution is 5.42. The Balaban J connectivity index is 2.11. The molecule has 0 spiro atoms. The minimum atomic E-state index is -2.95. The summed E-state index contributed by atoms with van der Waals surface area (Å²) in [6.45, 7) is -2.08. The van der Waals surface area contributed by atoms with Gasteiger partial charge in [-0.1, -0.05) is 18.2 Å². The number of rotatable bonds is 6. The number of halogens is 3. The molecule has 0 amide bonds. The molecule has 0 N–H and O–H groups in total. The summed E-state index contributed by atoms with van der Waals surface area (Å²) in [5.41, 5.74) is 1.71. The van der Waals surface area contributed by atoms with Gasteiger partial charge in [-0.05, 0) is 36.9 Å². The number of benzene rings is 2. The molecule has 0 radical (unpaired) electrons. The van der Waals surface area contributed by atoms with Gasteiger partial charge in [0, 0.05) is 18.7 Å². The predicted molar refractivity (Wildman–Crippen MR) is 79.4 cm³/mol. The maximum Gasteiger partial charge on any atom is 0.387 e. The third-order valence-electron chi connectivity index (χ3n) is 3.22. The smallest absolute Gasteiger partial charge is 0.387 e. The van der Waals surface area contributed by atoms with E-state index in [0.29, 0.717) is 18.7 Å². The molecule has 0 saturated carbocycles. The Morgan fingerprint density at radius 3 is 2.43 bits per heavy atom. The van der Waals surface area contributed by atoms with Crippen LogP contribution in [0.4, 0.5) is 13.2 Å². The van der Waals surface area contributed by atoms with Crippen molar-refractivity contribution in [2.75, 3.05) is 7.05 Å². The fourth-order valence-electron chi connectivity index (χ4n) is 2.21. The summed E-state index contributed by atoms with van der Waals surface area (Å²) in [7, 11) is 1.81. The van der Waals surface area contributed by atoms with Gasteiger partial charge in [-0.2, -0.15) is 14.0 Å². The number of nitriles is 1. The first-order chi connectivity index (χ1) is 11.0. The van der Waals surface area contributed by atoms with E-state index in [0.717, 1.165) is 5.56 Å². The van der Waals surface area contributed by atoms with Crippen LogP contribution in [-0.2, 0) is 13.1 Å². The summed E-state index contributed by atoms with van der Waals surface area (Å²) in [5, 5.41) is 8.85. The van der Waals surface area contributed by atoms with Gasteiger partial charge in [-0.25, -0.2) is 4.39 Å². The molecule has 0 aliphatic rings. The van der Waals surface area contributed by atoms with E-state index in [1.807, 2.05) is 18.0 Å². The first kappa shape index (κ1) is 16.8. The maximum absolute atomic E-state index is 12.9. The zero-order valence-corrected chi connectivity index (χ0v) is 12.5. The van der Waals surface area contributed by atoms with Gasteiger partial charge in [0.2, 0.25) is 0 Å². The van der Waals surface area contributed by atoms with Crippen molar-refractivity contribution in [1.82, 2.24) is 4.90 Å². The summed E-state index contributed by atoms with van der Waals surface area (Å²) >= 11 is 0. The van der Waals surface area contributed by atoms with Crippen LogP contribution in [0.2, 0.25) is 0 Å². The second kappa shape index (κ2) is 7.65. The molecule has 120 valence electrons. The third kappa shape index (κ3) is 5.01. The van der Waals surface area contributed by atoms with Crippen LogP contribution in [-0.4, -0.2) is 18.6 Å². The lowest BCUT2D eigenvalue weighted by atomic mass is 10.1. The Hall–Kier alpha value is -2.52. The third-order valence-corrected chi connectivity index (χ3v) is 3.22. The zero-order valence-electron chi connectivity index (χ0n) is 12.5. The first-order valence-electron chi connectivity index (χ1n) is 6.89. The molecular weight excluding hydrogens is 305 g/mol. The molecule has 0 aliphatic carbocycles. The van der Waals surface area contributed by atoms with Crippen molar-refractivity contribution in [3.63, 3.8) is 0 Å². The number of nitrogens with zero attached hydrogens (tertiary/aromatic N) is 2. The number of alkyl halides is 2. The predicted octanol–water partition coefficient (Wildman–Crippen LogP) is 3.93. The van der Waals surface area contributed by atoms with Gasteiger partial charge in [0.05, 0.1) is 11.6 Å². The van der Waals surface area contributed by atoms with Crippen molar-refractivity contribution in [2.24, 2.45) is 0 Å². The van der Waals surface area contributed by atoms with E-state index in [-0.39, 0.29) is 17.1 Å². The number of ether oxygens (including phenoxy) is 1. The average Bonchev–Trinajstić information content (AvgIpc) is 2.50. The lowest BCUT2D eigenvalue weighted by Gasteiger charge is -2.19. The van der Waals surface area contributed by atoms with Gasteiger partial charge in [-0.15, -0.1) is 0 Å². The topological polar surface area (TPSA) is 36.3 Å². The van der Waals surface area contributed by atoms with E-state index in [4.69, 9.17) is 5.26 Å². The zero-order chi connectivity index (χ0) is 16.8.